The minimum Gasteiger partial charge on any atom is -0.508 e. The molecule has 0 aliphatic rings. The SMILES string of the molecule is O=[N+]([O-])OCc1cc(O)ccc1SSc1ccc(O)cc1CO[N+](=O)[O-]. The van der Waals surface area contributed by atoms with Crippen LogP contribution in [0.5, 0.6) is 11.5 Å². The molecule has 0 aliphatic heterocycles. The maximum Gasteiger partial charge on any atom is 0.294 e. The molecule has 0 amide bonds. The van der Waals surface area contributed by atoms with E-state index in [1.54, 1.807) is 12.1 Å². The lowest BCUT2D eigenvalue weighted by atomic mass is 10.2. The summed E-state index contributed by atoms with van der Waals surface area (Å²) in [7, 11) is 2.42. The monoisotopic (exact) mass is 400 g/mol. The van der Waals surface area contributed by atoms with Crippen molar-refractivity contribution in [2.75, 3.05) is 0 Å². The summed E-state index contributed by atoms with van der Waals surface area (Å²) in [5, 5.41) is 37.9. The van der Waals surface area contributed by atoms with Crippen LogP contribution in [-0.4, -0.2) is 20.4 Å². The molecule has 2 rings (SSSR count). The molecule has 0 unspecified atom stereocenters. The molecule has 0 saturated heterocycles. The molecule has 10 nitrogen and oxygen atoms in total. The minimum absolute atomic E-state index is 0.0639. The Morgan fingerprint density at radius 3 is 1.54 bits per heavy atom. The normalized spacial score (nSPS) is 10.3. The van der Waals surface area contributed by atoms with Gasteiger partial charge in [-0.1, -0.05) is 21.6 Å². The molecular weight excluding hydrogens is 388 g/mol. The first-order chi connectivity index (χ1) is 12.3. The van der Waals surface area contributed by atoms with Crippen LogP contribution in [0.1, 0.15) is 11.1 Å². The Kier molecular flexibility index (Phi) is 6.74. The summed E-state index contributed by atoms with van der Waals surface area (Å²) in [5.41, 5.74) is 0.808. The number of benzene rings is 2. The van der Waals surface area contributed by atoms with E-state index in [9.17, 15) is 30.4 Å². The van der Waals surface area contributed by atoms with Crippen molar-refractivity contribution >= 4 is 21.6 Å². The molecule has 138 valence electrons. The molecule has 2 aromatic carbocycles. The van der Waals surface area contributed by atoms with E-state index >= 15 is 0 Å². The summed E-state index contributed by atoms with van der Waals surface area (Å²) in [6.07, 6.45) is 0. The molecule has 12 heteroatoms. The largest absolute Gasteiger partial charge is 0.508 e. The first kappa shape index (κ1) is 19.5. The van der Waals surface area contributed by atoms with Crippen LogP contribution in [0, 0.1) is 20.2 Å². The summed E-state index contributed by atoms with van der Waals surface area (Å²) in [5.74, 6) is -0.128. The molecule has 0 radical (unpaired) electrons. The highest BCUT2D eigenvalue weighted by Crippen LogP contribution is 2.42. The molecule has 0 bridgehead atoms. The van der Waals surface area contributed by atoms with Crippen molar-refractivity contribution in [1.29, 1.82) is 0 Å². The zero-order valence-corrected chi connectivity index (χ0v) is 14.6. The predicted octanol–water partition coefficient (Wildman–Crippen LogP) is 3.31. The topological polar surface area (TPSA) is 145 Å². The van der Waals surface area contributed by atoms with E-state index in [-0.39, 0.29) is 24.7 Å². The van der Waals surface area contributed by atoms with Crippen molar-refractivity contribution in [3.63, 3.8) is 0 Å². The Morgan fingerprint density at radius 1 is 0.808 bits per heavy atom. The third kappa shape index (κ3) is 5.89. The van der Waals surface area contributed by atoms with Gasteiger partial charge in [0, 0.05) is 9.79 Å². The summed E-state index contributed by atoms with van der Waals surface area (Å²) in [6.45, 7) is -0.672. The number of nitrogens with zero attached hydrogens (tertiary/aromatic N) is 2. The van der Waals surface area contributed by atoms with Gasteiger partial charge in [0.2, 0.25) is 0 Å². The lowest BCUT2D eigenvalue weighted by molar-refractivity contribution is -0.763. The maximum absolute atomic E-state index is 10.4. The van der Waals surface area contributed by atoms with Crippen LogP contribution >= 0.6 is 21.6 Å². The first-order valence-corrected chi connectivity index (χ1v) is 9.03. The number of phenols is 2. The van der Waals surface area contributed by atoms with Crippen molar-refractivity contribution in [2.24, 2.45) is 0 Å². The number of hydrogen-bond donors (Lipinski definition) is 2. The van der Waals surface area contributed by atoms with E-state index in [2.05, 4.69) is 9.68 Å². The van der Waals surface area contributed by atoms with Crippen LogP contribution in [0.15, 0.2) is 46.2 Å². The van der Waals surface area contributed by atoms with Crippen LogP contribution in [0.3, 0.4) is 0 Å². The summed E-state index contributed by atoms with van der Waals surface area (Å²) >= 11 is 0. The highest BCUT2D eigenvalue weighted by Gasteiger charge is 2.11. The molecule has 0 saturated carbocycles. The molecule has 0 fully saturated rings. The molecule has 2 aromatic rings. The number of phenolic OH excluding ortho intramolecular Hbond substituents is 2. The maximum atomic E-state index is 10.4. The smallest absolute Gasteiger partial charge is 0.294 e. The lowest BCUT2D eigenvalue weighted by Crippen LogP contribution is -2.01. The first-order valence-electron chi connectivity index (χ1n) is 6.88. The third-order valence-electron chi connectivity index (χ3n) is 2.96. The third-order valence-corrected chi connectivity index (χ3v) is 5.53. The number of hydrogen-bond acceptors (Lipinski definition) is 10. The van der Waals surface area contributed by atoms with E-state index < -0.39 is 10.2 Å². The average molecular weight is 400 g/mol. The summed E-state index contributed by atoms with van der Waals surface area (Å²) in [4.78, 5) is 30.6. The molecule has 0 heterocycles. The number of aromatic hydroxyl groups is 2. The zero-order valence-electron chi connectivity index (χ0n) is 12.9. The predicted molar refractivity (Wildman–Crippen MR) is 91.5 cm³/mol. The van der Waals surface area contributed by atoms with Crippen LogP contribution in [0.2, 0.25) is 0 Å². The van der Waals surface area contributed by atoms with Crippen LogP contribution in [-0.2, 0) is 22.9 Å². The van der Waals surface area contributed by atoms with Gasteiger partial charge in [-0.2, -0.15) is 0 Å². The van der Waals surface area contributed by atoms with Crippen LogP contribution in [0.4, 0.5) is 0 Å². The quantitative estimate of drug-likeness (QED) is 0.365. The van der Waals surface area contributed by atoms with Gasteiger partial charge < -0.3 is 19.9 Å². The Hall–Kier alpha value is -2.86. The second kappa shape index (κ2) is 9.01. The van der Waals surface area contributed by atoms with E-state index in [0.717, 1.165) is 0 Å². The van der Waals surface area contributed by atoms with E-state index in [1.165, 1.54) is 45.9 Å². The molecule has 2 N–H and O–H groups in total. The van der Waals surface area contributed by atoms with Crippen LogP contribution in [0.25, 0.3) is 0 Å². The van der Waals surface area contributed by atoms with Crippen molar-refractivity contribution in [1.82, 2.24) is 0 Å². The lowest BCUT2D eigenvalue weighted by Gasteiger charge is -2.11. The Morgan fingerprint density at radius 2 is 1.19 bits per heavy atom. The summed E-state index contributed by atoms with van der Waals surface area (Å²) < 4.78 is 0. The average Bonchev–Trinajstić information content (AvgIpc) is 2.58. The highest BCUT2D eigenvalue weighted by molar-refractivity contribution is 8.76. The van der Waals surface area contributed by atoms with Gasteiger partial charge in [-0.25, -0.2) is 0 Å². The fraction of sp³-hybridized carbons (Fsp3) is 0.143. The Bertz CT molecular complexity index is 750. The van der Waals surface area contributed by atoms with Gasteiger partial charge >= 0.3 is 0 Å². The minimum atomic E-state index is -0.932. The molecule has 0 atom stereocenters. The Balaban J connectivity index is 2.15. The standard InChI is InChI=1S/C14H12N2O8S2/c17-11-1-3-13(9(5-11)7-23-15(19)20)25-26-14-4-2-12(18)6-10(14)8-24-16(21)22/h1-6,17-18H,7-8H2. The van der Waals surface area contributed by atoms with Gasteiger partial charge in [0.05, 0.1) is 0 Å². The van der Waals surface area contributed by atoms with Gasteiger partial charge in [0.1, 0.15) is 24.7 Å². The van der Waals surface area contributed by atoms with Crippen molar-refractivity contribution in [2.45, 2.75) is 23.0 Å². The van der Waals surface area contributed by atoms with Gasteiger partial charge in [-0.3, -0.25) is 0 Å². The fourth-order valence-electron chi connectivity index (χ4n) is 1.85. The van der Waals surface area contributed by atoms with Crippen molar-refractivity contribution in [3.05, 3.63) is 67.8 Å². The number of rotatable bonds is 9. The highest BCUT2D eigenvalue weighted by atomic mass is 33.1. The van der Waals surface area contributed by atoms with Crippen molar-refractivity contribution < 1.29 is 30.1 Å². The van der Waals surface area contributed by atoms with E-state index in [4.69, 9.17) is 0 Å². The van der Waals surface area contributed by atoms with Gasteiger partial charge in [-0.15, -0.1) is 20.2 Å². The second-order valence-corrected chi connectivity index (χ2v) is 6.96. The van der Waals surface area contributed by atoms with E-state index in [1.807, 2.05) is 0 Å². The molecule has 26 heavy (non-hydrogen) atoms. The van der Waals surface area contributed by atoms with Gasteiger partial charge in [0.15, 0.2) is 0 Å². The molecule has 0 aliphatic carbocycles. The molecule has 0 aromatic heterocycles. The van der Waals surface area contributed by atoms with E-state index in [0.29, 0.717) is 20.9 Å². The zero-order chi connectivity index (χ0) is 19.1. The van der Waals surface area contributed by atoms with Gasteiger partial charge in [-0.05, 0) is 47.5 Å². The molecule has 0 spiro atoms. The Labute approximate surface area is 154 Å². The van der Waals surface area contributed by atoms with Gasteiger partial charge in [0.25, 0.3) is 10.2 Å². The van der Waals surface area contributed by atoms with Crippen LogP contribution < -0.4 is 0 Å². The fourth-order valence-corrected chi connectivity index (χ4v) is 4.24. The second-order valence-electron chi connectivity index (χ2n) is 4.74. The van der Waals surface area contributed by atoms with Crippen molar-refractivity contribution in [3.8, 4) is 11.5 Å². The summed E-state index contributed by atoms with van der Waals surface area (Å²) in [6, 6.07) is 8.68. The molecular formula is C14H12N2O8S2.